The van der Waals surface area contributed by atoms with E-state index in [9.17, 15) is 17.6 Å². The minimum Gasteiger partial charge on any atom is -0.457 e. The minimum absolute atomic E-state index is 0.165. The van der Waals surface area contributed by atoms with Crippen LogP contribution < -0.4 is 10.3 Å². The van der Waals surface area contributed by atoms with Crippen molar-refractivity contribution in [1.82, 2.24) is 9.78 Å². The maximum absolute atomic E-state index is 13.7. The molecule has 0 amide bonds. The van der Waals surface area contributed by atoms with Crippen molar-refractivity contribution in [3.63, 3.8) is 0 Å². The molecule has 4 aromatic carbocycles. The fourth-order valence-corrected chi connectivity index (χ4v) is 4.54. The van der Waals surface area contributed by atoms with Gasteiger partial charge in [0.2, 0.25) is 0 Å². The van der Waals surface area contributed by atoms with Crippen LogP contribution in [0.5, 0.6) is 11.5 Å². The van der Waals surface area contributed by atoms with Crippen LogP contribution in [0.4, 0.5) is 4.39 Å². The molecule has 0 aliphatic carbocycles. The van der Waals surface area contributed by atoms with Gasteiger partial charge in [-0.05, 0) is 71.8 Å². The van der Waals surface area contributed by atoms with Crippen LogP contribution >= 0.6 is 0 Å². The monoisotopic (exact) mass is 512 g/mol. The first kappa shape index (κ1) is 24.1. The van der Waals surface area contributed by atoms with Crippen LogP contribution in [-0.2, 0) is 9.84 Å². The summed E-state index contributed by atoms with van der Waals surface area (Å²) in [6.07, 6.45) is 2.68. The van der Waals surface area contributed by atoms with Crippen LogP contribution in [0.15, 0.2) is 119 Å². The molecule has 0 radical (unpaired) electrons. The number of para-hydroxylation sites is 1. The van der Waals surface area contributed by atoms with Crippen molar-refractivity contribution in [2.75, 3.05) is 6.26 Å². The summed E-state index contributed by atoms with van der Waals surface area (Å²) in [6, 6.07) is 28.1. The smallest absolute Gasteiger partial charge is 0.279 e. The summed E-state index contributed by atoms with van der Waals surface area (Å²) < 4.78 is 44.5. The predicted molar refractivity (Wildman–Crippen MR) is 140 cm³/mol. The topological polar surface area (TPSA) is 78.3 Å². The lowest BCUT2D eigenvalue weighted by molar-refractivity contribution is 0.482. The number of ether oxygens (including phenoxy) is 1. The number of nitrogens with zero attached hydrogens (tertiary/aromatic N) is 2. The number of sulfone groups is 1. The Morgan fingerprint density at radius 1 is 0.757 bits per heavy atom. The van der Waals surface area contributed by atoms with Crippen LogP contribution in [-0.4, -0.2) is 24.5 Å². The maximum atomic E-state index is 13.7. The van der Waals surface area contributed by atoms with Gasteiger partial charge < -0.3 is 4.74 Å². The summed E-state index contributed by atoms with van der Waals surface area (Å²) in [5.74, 6) is 0.867. The quantitative estimate of drug-likeness (QED) is 0.283. The molecular formula is C29H21FN2O4S. The molecule has 0 aliphatic rings. The van der Waals surface area contributed by atoms with Gasteiger partial charge in [-0.3, -0.25) is 4.79 Å². The van der Waals surface area contributed by atoms with E-state index in [1.165, 1.54) is 41.1 Å². The van der Waals surface area contributed by atoms with Gasteiger partial charge in [-0.2, -0.15) is 9.78 Å². The number of hydrogen-bond donors (Lipinski definition) is 0. The highest BCUT2D eigenvalue weighted by Gasteiger charge is 2.17. The van der Waals surface area contributed by atoms with E-state index in [1.807, 2.05) is 30.3 Å². The lowest BCUT2D eigenvalue weighted by atomic mass is 9.97. The van der Waals surface area contributed by atoms with Crippen molar-refractivity contribution in [3.8, 4) is 39.4 Å². The van der Waals surface area contributed by atoms with Gasteiger partial charge in [0.05, 0.1) is 22.3 Å². The Morgan fingerprint density at radius 3 is 1.97 bits per heavy atom. The Labute approximate surface area is 213 Å². The maximum Gasteiger partial charge on any atom is 0.279 e. The number of rotatable bonds is 6. The van der Waals surface area contributed by atoms with Crippen molar-refractivity contribution in [3.05, 3.63) is 125 Å². The molecule has 184 valence electrons. The molecule has 0 bridgehead atoms. The van der Waals surface area contributed by atoms with Crippen molar-refractivity contribution in [2.45, 2.75) is 4.90 Å². The minimum atomic E-state index is -3.38. The van der Waals surface area contributed by atoms with E-state index in [2.05, 4.69) is 5.10 Å². The van der Waals surface area contributed by atoms with Crippen LogP contribution in [0.2, 0.25) is 0 Å². The summed E-state index contributed by atoms with van der Waals surface area (Å²) in [7, 11) is -3.38. The number of hydrogen-bond acceptors (Lipinski definition) is 5. The second kappa shape index (κ2) is 9.83. The lowest BCUT2D eigenvalue weighted by Gasteiger charge is -2.14. The zero-order valence-corrected chi connectivity index (χ0v) is 20.5. The molecule has 1 heterocycles. The normalized spacial score (nSPS) is 11.3. The second-order valence-corrected chi connectivity index (χ2v) is 10.4. The first-order chi connectivity index (χ1) is 17.8. The summed E-state index contributed by atoms with van der Waals surface area (Å²) in [5, 5.41) is 4.38. The molecule has 0 spiro atoms. The highest BCUT2D eigenvalue weighted by Crippen LogP contribution is 2.30. The Bertz CT molecular complexity index is 1720. The second-order valence-electron chi connectivity index (χ2n) is 8.36. The molecule has 0 atom stereocenters. The molecule has 0 N–H and O–H groups in total. The summed E-state index contributed by atoms with van der Waals surface area (Å²) >= 11 is 0. The average molecular weight is 513 g/mol. The van der Waals surface area contributed by atoms with Crippen molar-refractivity contribution in [2.24, 2.45) is 0 Å². The third kappa shape index (κ3) is 5.19. The van der Waals surface area contributed by atoms with Gasteiger partial charge in [-0.25, -0.2) is 12.8 Å². The van der Waals surface area contributed by atoms with E-state index in [1.54, 1.807) is 42.6 Å². The fraction of sp³-hybridized carbons (Fsp3) is 0.0345. The molecule has 8 heteroatoms. The molecule has 0 saturated carbocycles. The third-order valence-electron chi connectivity index (χ3n) is 5.76. The largest absolute Gasteiger partial charge is 0.457 e. The van der Waals surface area contributed by atoms with E-state index in [-0.39, 0.29) is 4.90 Å². The number of benzene rings is 4. The number of aromatic nitrogens is 2. The summed E-state index contributed by atoms with van der Waals surface area (Å²) in [4.78, 5) is 13.9. The highest BCUT2D eigenvalue weighted by atomic mass is 32.2. The Morgan fingerprint density at radius 2 is 1.35 bits per heavy atom. The zero-order valence-electron chi connectivity index (χ0n) is 19.7. The molecule has 6 nitrogen and oxygen atoms in total. The fourth-order valence-electron chi connectivity index (χ4n) is 3.91. The standard InChI is InChI=1S/C29H21FN2O4S/c1-37(34,35)26-17-9-20(10-18-26)27-19-31-32(29(33)28(27)21-7-11-22(30)12-8-21)23-13-15-25(16-14-23)36-24-5-3-2-4-6-24/h2-19H,1H3. The van der Waals surface area contributed by atoms with Gasteiger partial charge >= 0.3 is 0 Å². The van der Waals surface area contributed by atoms with Crippen molar-refractivity contribution < 1.29 is 17.5 Å². The summed E-state index contributed by atoms with van der Waals surface area (Å²) in [6.45, 7) is 0. The molecule has 0 saturated heterocycles. The Kier molecular flexibility index (Phi) is 6.42. The number of halogens is 1. The van der Waals surface area contributed by atoms with Gasteiger partial charge in [-0.15, -0.1) is 0 Å². The molecule has 5 aromatic rings. The average Bonchev–Trinajstić information content (AvgIpc) is 2.90. The molecule has 5 rings (SSSR count). The van der Waals surface area contributed by atoms with Gasteiger partial charge in [0.25, 0.3) is 5.56 Å². The van der Waals surface area contributed by atoms with Gasteiger partial charge in [-0.1, -0.05) is 42.5 Å². The van der Waals surface area contributed by atoms with Crippen molar-refractivity contribution in [1.29, 1.82) is 0 Å². The van der Waals surface area contributed by atoms with E-state index in [0.717, 1.165) is 6.26 Å². The van der Waals surface area contributed by atoms with E-state index in [0.29, 0.717) is 39.4 Å². The lowest BCUT2D eigenvalue weighted by Crippen LogP contribution is -2.23. The Balaban J connectivity index is 1.59. The molecule has 0 aliphatic heterocycles. The molecular weight excluding hydrogens is 491 g/mol. The van der Waals surface area contributed by atoms with E-state index < -0.39 is 21.2 Å². The van der Waals surface area contributed by atoms with Crippen molar-refractivity contribution >= 4 is 9.84 Å². The van der Waals surface area contributed by atoms with E-state index >= 15 is 0 Å². The molecule has 0 unspecified atom stereocenters. The zero-order chi connectivity index (χ0) is 26.0. The third-order valence-corrected chi connectivity index (χ3v) is 6.89. The predicted octanol–water partition coefficient (Wildman–Crippen LogP) is 5.90. The first-order valence-corrected chi connectivity index (χ1v) is 13.2. The van der Waals surface area contributed by atoms with Crippen LogP contribution in [0.25, 0.3) is 27.9 Å². The van der Waals surface area contributed by atoms with Gasteiger partial charge in [0, 0.05) is 11.8 Å². The summed E-state index contributed by atoms with van der Waals surface area (Å²) in [5.41, 5.74) is 2.04. The molecule has 37 heavy (non-hydrogen) atoms. The van der Waals surface area contributed by atoms with Gasteiger partial charge in [0.15, 0.2) is 9.84 Å². The first-order valence-electron chi connectivity index (χ1n) is 11.3. The van der Waals surface area contributed by atoms with Crippen LogP contribution in [0.1, 0.15) is 0 Å². The molecule has 0 fully saturated rings. The van der Waals surface area contributed by atoms with Crippen LogP contribution in [0, 0.1) is 5.82 Å². The van der Waals surface area contributed by atoms with Gasteiger partial charge in [0.1, 0.15) is 17.3 Å². The highest BCUT2D eigenvalue weighted by molar-refractivity contribution is 7.90. The SMILES string of the molecule is CS(=O)(=O)c1ccc(-c2cnn(-c3ccc(Oc4ccccc4)cc3)c(=O)c2-c2ccc(F)cc2)cc1. The molecule has 1 aromatic heterocycles. The Hall–Kier alpha value is -4.56. The van der Waals surface area contributed by atoms with E-state index in [4.69, 9.17) is 4.74 Å². The van der Waals surface area contributed by atoms with Crippen LogP contribution in [0.3, 0.4) is 0 Å².